The number of piperidine rings is 1. The number of benzene rings is 1. The Kier molecular flexibility index (Phi) is 4.60. The molecule has 0 N–H and O–H groups in total. The Bertz CT molecular complexity index is 711. The summed E-state index contributed by atoms with van der Waals surface area (Å²) in [7, 11) is 0. The Morgan fingerprint density at radius 2 is 1.88 bits per heavy atom. The molecule has 5 nitrogen and oxygen atoms in total. The molecule has 2 heterocycles. The lowest BCUT2D eigenvalue weighted by atomic mass is 10.1. The molecule has 1 amide bonds. The van der Waals surface area contributed by atoms with Gasteiger partial charge in [0.25, 0.3) is 0 Å². The molecule has 0 spiro atoms. The van der Waals surface area contributed by atoms with E-state index in [1.54, 1.807) is 11.1 Å². The Morgan fingerprint density at radius 1 is 1.17 bits per heavy atom. The lowest BCUT2D eigenvalue weighted by molar-refractivity contribution is 0.0124. The fourth-order valence-corrected chi connectivity index (χ4v) is 2.83. The van der Waals surface area contributed by atoms with E-state index in [9.17, 15) is 4.79 Å². The van der Waals surface area contributed by atoms with Gasteiger partial charge in [-0.1, -0.05) is 18.2 Å². The third kappa shape index (κ3) is 3.96. The monoisotopic (exact) mass is 328 g/mol. The molecule has 1 aromatic carbocycles. The van der Waals surface area contributed by atoms with E-state index < -0.39 is 5.60 Å². The van der Waals surface area contributed by atoms with Gasteiger partial charge in [-0.2, -0.15) is 0 Å². The number of ether oxygens (including phenoxy) is 2. The molecular formula is C19H24N2O3. The molecule has 0 bridgehead atoms. The van der Waals surface area contributed by atoms with E-state index in [0.717, 1.165) is 23.6 Å². The van der Waals surface area contributed by atoms with Gasteiger partial charge < -0.3 is 14.4 Å². The molecule has 1 aromatic heterocycles. The first-order valence-electron chi connectivity index (χ1n) is 8.41. The summed E-state index contributed by atoms with van der Waals surface area (Å²) in [4.78, 5) is 18.2. The minimum absolute atomic E-state index is 0.0713. The Morgan fingerprint density at radius 3 is 2.58 bits per heavy atom. The number of fused-ring (bicyclic) bond motifs is 1. The smallest absolute Gasteiger partial charge is 0.410 e. The zero-order valence-electron chi connectivity index (χ0n) is 14.5. The maximum atomic E-state index is 12.1. The molecule has 1 aliphatic rings. The molecule has 1 fully saturated rings. The second-order valence-electron chi connectivity index (χ2n) is 7.12. The standard InChI is InChI=1S/C19H24N2O3/c1-19(2,3)24-18(22)21-12-9-15(10-13-21)23-17-16-7-5-4-6-14(16)8-11-20-17/h4-8,11,15H,9-10,12-13H2,1-3H3. The summed E-state index contributed by atoms with van der Waals surface area (Å²) in [6, 6.07) is 10.0. The molecule has 1 saturated heterocycles. The van der Waals surface area contributed by atoms with Gasteiger partial charge in [-0.15, -0.1) is 0 Å². The normalized spacial score (nSPS) is 16.2. The van der Waals surface area contributed by atoms with Crippen LogP contribution in [0.25, 0.3) is 10.8 Å². The van der Waals surface area contributed by atoms with E-state index in [1.807, 2.05) is 45.0 Å². The predicted molar refractivity (Wildman–Crippen MR) is 93.2 cm³/mol. The Hall–Kier alpha value is -2.30. The Labute approximate surface area is 142 Å². The molecule has 128 valence electrons. The van der Waals surface area contributed by atoms with Crippen molar-refractivity contribution < 1.29 is 14.3 Å². The zero-order valence-corrected chi connectivity index (χ0v) is 14.5. The van der Waals surface area contributed by atoms with Crippen molar-refractivity contribution in [1.29, 1.82) is 0 Å². The third-order valence-corrected chi connectivity index (χ3v) is 4.01. The number of carbonyl (C=O) groups is 1. The number of likely N-dealkylation sites (tertiary alicyclic amines) is 1. The van der Waals surface area contributed by atoms with E-state index in [0.29, 0.717) is 19.0 Å². The number of pyridine rings is 1. The summed E-state index contributed by atoms with van der Waals surface area (Å²) >= 11 is 0. The van der Waals surface area contributed by atoms with Crippen molar-refractivity contribution in [1.82, 2.24) is 9.88 Å². The minimum Gasteiger partial charge on any atom is -0.474 e. The van der Waals surface area contributed by atoms with Gasteiger partial charge in [0.15, 0.2) is 0 Å². The number of nitrogens with zero attached hydrogens (tertiary/aromatic N) is 2. The van der Waals surface area contributed by atoms with Crippen molar-refractivity contribution >= 4 is 16.9 Å². The second-order valence-corrected chi connectivity index (χ2v) is 7.12. The van der Waals surface area contributed by atoms with Crippen molar-refractivity contribution in [2.24, 2.45) is 0 Å². The number of amides is 1. The summed E-state index contributed by atoms with van der Waals surface area (Å²) in [5.74, 6) is 0.670. The average Bonchev–Trinajstić information content (AvgIpc) is 2.54. The van der Waals surface area contributed by atoms with E-state index in [-0.39, 0.29) is 12.2 Å². The first-order chi connectivity index (χ1) is 11.4. The highest BCUT2D eigenvalue weighted by atomic mass is 16.6. The Balaban J connectivity index is 1.60. The predicted octanol–water partition coefficient (Wildman–Crippen LogP) is 4.01. The van der Waals surface area contributed by atoms with Gasteiger partial charge in [-0.3, -0.25) is 0 Å². The highest BCUT2D eigenvalue weighted by Gasteiger charge is 2.28. The molecule has 0 unspecified atom stereocenters. The highest BCUT2D eigenvalue weighted by Crippen LogP contribution is 2.26. The molecule has 0 saturated carbocycles. The van der Waals surface area contributed by atoms with Crippen molar-refractivity contribution in [3.63, 3.8) is 0 Å². The molecule has 0 radical (unpaired) electrons. The van der Waals surface area contributed by atoms with Gasteiger partial charge in [0.1, 0.15) is 11.7 Å². The van der Waals surface area contributed by atoms with Crippen LogP contribution in [0, 0.1) is 0 Å². The molecule has 2 aromatic rings. The van der Waals surface area contributed by atoms with Crippen LogP contribution in [0.15, 0.2) is 36.5 Å². The lowest BCUT2D eigenvalue weighted by Crippen LogP contribution is -2.44. The summed E-state index contributed by atoms with van der Waals surface area (Å²) in [5, 5.41) is 2.14. The van der Waals surface area contributed by atoms with Crippen molar-refractivity contribution in [2.75, 3.05) is 13.1 Å². The van der Waals surface area contributed by atoms with Gasteiger partial charge in [0.2, 0.25) is 5.88 Å². The van der Waals surface area contributed by atoms with Crippen LogP contribution < -0.4 is 4.74 Å². The number of rotatable bonds is 2. The fraction of sp³-hybridized carbons (Fsp3) is 0.474. The zero-order chi connectivity index (χ0) is 17.2. The van der Waals surface area contributed by atoms with Crippen molar-refractivity contribution in [3.8, 4) is 5.88 Å². The molecule has 0 atom stereocenters. The van der Waals surface area contributed by atoms with E-state index >= 15 is 0 Å². The summed E-state index contributed by atoms with van der Waals surface area (Å²) in [5.41, 5.74) is -0.461. The van der Waals surface area contributed by atoms with Crippen LogP contribution in [-0.4, -0.2) is 40.8 Å². The topological polar surface area (TPSA) is 51.7 Å². The maximum absolute atomic E-state index is 12.1. The SMILES string of the molecule is CC(C)(C)OC(=O)N1CCC(Oc2nccc3ccccc23)CC1. The van der Waals surface area contributed by atoms with Gasteiger partial charge in [0, 0.05) is 37.5 Å². The van der Waals surface area contributed by atoms with E-state index in [4.69, 9.17) is 9.47 Å². The highest BCUT2D eigenvalue weighted by molar-refractivity contribution is 5.86. The van der Waals surface area contributed by atoms with Crippen molar-refractivity contribution in [3.05, 3.63) is 36.5 Å². The van der Waals surface area contributed by atoms with Gasteiger partial charge in [-0.25, -0.2) is 9.78 Å². The number of hydrogen-bond donors (Lipinski definition) is 0. The van der Waals surface area contributed by atoms with Crippen molar-refractivity contribution in [2.45, 2.75) is 45.3 Å². The van der Waals surface area contributed by atoms with Gasteiger partial charge in [-0.05, 0) is 38.3 Å². The molecule has 1 aliphatic heterocycles. The van der Waals surface area contributed by atoms with E-state index in [1.165, 1.54) is 0 Å². The number of hydrogen-bond acceptors (Lipinski definition) is 4. The summed E-state index contributed by atoms with van der Waals surface area (Å²) in [6.45, 7) is 6.93. The lowest BCUT2D eigenvalue weighted by Gasteiger charge is -2.33. The molecule has 24 heavy (non-hydrogen) atoms. The van der Waals surface area contributed by atoms with Gasteiger partial charge >= 0.3 is 6.09 Å². The van der Waals surface area contributed by atoms with E-state index in [2.05, 4.69) is 11.1 Å². The first kappa shape index (κ1) is 16.6. The van der Waals surface area contributed by atoms with Crippen LogP contribution in [0.5, 0.6) is 5.88 Å². The summed E-state index contributed by atoms with van der Waals surface area (Å²) < 4.78 is 11.5. The molecule has 3 rings (SSSR count). The third-order valence-electron chi connectivity index (χ3n) is 4.01. The number of aromatic nitrogens is 1. The molecular weight excluding hydrogens is 304 g/mol. The summed E-state index contributed by atoms with van der Waals surface area (Å²) in [6.07, 6.45) is 3.16. The molecule has 0 aliphatic carbocycles. The maximum Gasteiger partial charge on any atom is 0.410 e. The minimum atomic E-state index is -0.461. The fourth-order valence-electron chi connectivity index (χ4n) is 2.83. The average molecular weight is 328 g/mol. The van der Waals surface area contributed by atoms with Crippen LogP contribution in [0.2, 0.25) is 0 Å². The van der Waals surface area contributed by atoms with Crippen LogP contribution >= 0.6 is 0 Å². The largest absolute Gasteiger partial charge is 0.474 e. The molecule has 5 heteroatoms. The second kappa shape index (κ2) is 6.67. The van der Waals surface area contributed by atoms with Crippen LogP contribution in [0.4, 0.5) is 4.79 Å². The quantitative estimate of drug-likeness (QED) is 0.836. The van der Waals surface area contributed by atoms with Crippen LogP contribution in [-0.2, 0) is 4.74 Å². The van der Waals surface area contributed by atoms with Crippen LogP contribution in [0.3, 0.4) is 0 Å². The number of carbonyl (C=O) groups excluding carboxylic acids is 1. The first-order valence-corrected chi connectivity index (χ1v) is 8.41. The van der Waals surface area contributed by atoms with Crippen LogP contribution in [0.1, 0.15) is 33.6 Å². The van der Waals surface area contributed by atoms with Gasteiger partial charge in [0.05, 0.1) is 0 Å².